The first kappa shape index (κ1) is 15.0. The average Bonchev–Trinajstić information content (AvgIpc) is 2.74. The normalized spacial score (nSPS) is 19.8. The molecule has 0 radical (unpaired) electrons. The highest BCUT2D eigenvalue weighted by Gasteiger charge is 2.31. The molecule has 1 unspecified atom stereocenters. The highest BCUT2D eigenvalue weighted by atomic mass is 15.3. The van der Waals surface area contributed by atoms with E-state index in [1.807, 2.05) is 17.9 Å². The summed E-state index contributed by atoms with van der Waals surface area (Å²) in [6.45, 7) is 10.4. The summed E-state index contributed by atoms with van der Waals surface area (Å²) in [5, 5.41) is 14.2. The van der Waals surface area contributed by atoms with Gasteiger partial charge in [0, 0.05) is 50.4 Å². The molecule has 0 saturated carbocycles. The number of hydrogen-bond acceptors (Lipinski definition) is 4. The molecule has 0 aromatic carbocycles. The molecule has 5 heteroatoms. The van der Waals surface area contributed by atoms with Crippen LogP contribution in [0.3, 0.4) is 0 Å². The summed E-state index contributed by atoms with van der Waals surface area (Å²) >= 11 is 0. The largest absolute Gasteiger partial charge is 0.304 e. The number of nitrogens with zero attached hydrogens (tertiary/aromatic N) is 5. The van der Waals surface area contributed by atoms with E-state index in [9.17, 15) is 5.26 Å². The molecule has 20 heavy (non-hydrogen) atoms. The Bertz CT molecular complexity index is 497. The molecule has 0 amide bonds. The molecular weight excluding hydrogens is 250 g/mol. The first-order chi connectivity index (χ1) is 9.32. The van der Waals surface area contributed by atoms with Crippen molar-refractivity contribution in [2.75, 3.05) is 33.2 Å². The van der Waals surface area contributed by atoms with Crippen LogP contribution in [0.2, 0.25) is 0 Å². The zero-order chi connectivity index (χ0) is 14.9. The third kappa shape index (κ3) is 3.02. The molecule has 1 atom stereocenters. The molecule has 1 aromatic rings. The van der Waals surface area contributed by atoms with Crippen molar-refractivity contribution in [1.29, 1.82) is 5.26 Å². The number of rotatable bonds is 2. The molecule has 2 heterocycles. The van der Waals surface area contributed by atoms with E-state index in [0.717, 1.165) is 37.4 Å². The molecule has 2 rings (SSSR count). The lowest BCUT2D eigenvalue weighted by Crippen LogP contribution is -2.45. The maximum Gasteiger partial charge on any atom is 0.127 e. The van der Waals surface area contributed by atoms with Crippen molar-refractivity contribution >= 4 is 0 Å². The first-order valence-electron chi connectivity index (χ1n) is 7.19. The zero-order valence-corrected chi connectivity index (χ0v) is 13.2. The fraction of sp³-hybridized carbons (Fsp3) is 0.733. The van der Waals surface area contributed by atoms with Gasteiger partial charge in [-0.05, 0) is 7.05 Å². The highest BCUT2D eigenvalue weighted by Crippen LogP contribution is 2.31. The van der Waals surface area contributed by atoms with Gasteiger partial charge in [0.05, 0.1) is 11.8 Å². The number of nitriles is 1. The van der Waals surface area contributed by atoms with Gasteiger partial charge in [-0.2, -0.15) is 10.4 Å². The van der Waals surface area contributed by atoms with Crippen LogP contribution in [0, 0.1) is 11.3 Å². The first-order valence-corrected chi connectivity index (χ1v) is 7.19. The van der Waals surface area contributed by atoms with Gasteiger partial charge in [0.25, 0.3) is 0 Å². The van der Waals surface area contributed by atoms with E-state index in [-0.39, 0.29) is 11.5 Å². The molecule has 0 N–H and O–H groups in total. The number of aromatic nitrogens is 2. The second kappa shape index (κ2) is 5.55. The summed E-state index contributed by atoms with van der Waals surface area (Å²) < 4.78 is 1.83. The van der Waals surface area contributed by atoms with Crippen molar-refractivity contribution < 1.29 is 0 Å². The van der Waals surface area contributed by atoms with E-state index in [4.69, 9.17) is 0 Å². The van der Waals surface area contributed by atoms with Gasteiger partial charge in [-0.1, -0.05) is 20.8 Å². The van der Waals surface area contributed by atoms with Crippen LogP contribution in [0.15, 0.2) is 6.20 Å². The summed E-state index contributed by atoms with van der Waals surface area (Å²) in [4.78, 5) is 4.57. The minimum absolute atomic E-state index is 0.0434. The Hall–Kier alpha value is -1.38. The van der Waals surface area contributed by atoms with Gasteiger partial charge < -0.3 is 4.90 Å². The standard InChI is InChI=1S/C15H25N5/c1-15(2,3)14-12(11-19(5)17-14)13(10-16)20-8-6-18(4)7-9-20/h11,13H,6-9H2,1-5H3. The summed E-state index contributed by atoms with van der Waals surface area (Å²) in [6.07, 6.45) is 2.01. The van der Waals surface area contributed by atoms with Gasteiger partial charge in [0.15, 0.2) is 0 Å². The van der Waals surface area contributed by atoms with Gasteiger partial charge in [-0.25, -0.2) is 0 Å². The topological polar surface area (TPSA) is 48.1 Å². The number of hydrogen-bond donors (Lipinski definition) is 0. The van der Waals surface area contributed by atoms with Gasteiger partial charge in [-0.3, -0.25) is 9.58 Å². The van der Waals surface area contributed by atoms with Gasteiger partial charge in [0.1, 0.15) is 6.04 Å². The quantitative estimate of drug-likeness (QED) is 0.821. The Morgan fingerprint density at radius 2 is 1.80 bits per heavy atom. The van der Waals surface area contributed by atoms with Crippen molar-refractivity contribution in [1.82, 2.24) is 19.6 Å². The van der Waals surface area contributed by atoms with Crippen LogP contribution < -0.4 is 0 Å². The lowest BCUT2D eigenvalue weighted by Gasteiger charge is -2.35. The number of aryl methyl sites for hydroxylation is 1. The van der Waals surface area contributed by atoms with E-state index < -0.39 is 0 Å². The predicted octanol–water partition coefficient (Wildman–Crippen LogP) is 1.53. The summed E-state index contributed by atoms with van der Waals surface area (Å²) in [6, 6.07) is 2.29. The highest BCUT2D eigenvalue weighted by molar-refractivity contribution is 5.31. The minimum atomic E-state index is -0.188. The van der Waals surface area contributed by atoms with Crippen molar-refractivity contribution in [2.24, 2.45) is 7.05 Å². The molecule has 1 aromatic heterocycles. The molecule has 1 aliphatic heterocycles. The fourth-order valence-electron chi connectivity index (χ4n) is 2.72. The Balaban J connectivity index is 2.31. The van der Waals surface area contributed by atoms with Crippen LogP contribution in [0.1, 0.15) is 38.1 Å². The van der Waals surface area contributed by atoms with E-state index >= 15 is 0 Å². The molecule has 0 bridgehead atoms. The van der Waals surface area contributed by atoms with Gasteiger partial charge in [-0.15, -0.1) is 0 Å². The lowest BCUT2D eigenvalue weighted by molar-refractivity contribution is 0.132. The lowest BCUT2D eigenvalue weighted by atomic mass is 9.87. The third-order valence-electron chi connectivity index (χ3n) is 3.89. The van der Waals surface area contributed by atoms with Crippen molar-refractivity contribution in [3.05, 3.63) is 17.5 Å². The van der Waals surface area contributed by atoms with Crippen LogP contribution >= 0.6 is 0 Å². The Morgan fingerprint density at radius 3 is 2.30 bits per heavy atom. The zero-order valence-electron chi connectivity index (χ0n) is 13.2. The van der Waals surface area contributed by atoms with Crippen LogP contribution in [0.25, 0.3) is 0 Å². The molecule has 1 aliphatic rings. The predicted molar refractivity (Wildman–Crippen MR) is 79.3 cm³/mol. The molecule has 110 valence electrons. The molecular formula is C15H25N5. The minimum Gasteiger partial charge on any atom is -0.304 e. The van der Waals surface area contributed by atoms with E-state index in [1.165, 1.54) is 0 Å². The third-order valence-corrected chi connectivity index (χ3v) is 3.89. The smallest absolute Gasteiger partial charge is 0.127 e. The molecule has 0 spiro atoms. The van der Waals surface area contributed by atoms with Crippen molar-refractivity contribution in [3.63, 3.8) is 0 Å². The van der Waals surface area contributed by atoms with Crippen LogP contribution in [0.5, 0.6) is 0 Å². The summed E-state index contributed by atoms with van der Waals surface area (Å²) in [7, 11) is 4.06. The molecule has 5 nitrogen and oxygen atoms in total. The van der Waals surface area contributed by atoms with Crippen LogP contribution in [-0.4, -0.2) is 52.8 Å². The van der Waals surface area contributed by atoms with Crippen molar-refractivity contribution in [2.45, 2.75) is 32.2 Å². The second-order valence-electron chi connectivity index (χ2n) is 6.73. The van der Waals surface area contributed by atoms with E-state index in [0.29, 0.717) is 0 Å². The Labute approximate surface area is 121 Å². The maximum atomic E-state index is 9.65. The molecule has 1 fully saturated rings. The van der Waals surface area contributed by atoms with E-state index in [1.54, 1.807) is 0 Å². The fourth-order valence-corrected chi connectivity index (χ4v) is 2.72. The SMILES string of the molecule is CN1CCN(C(C#N)c2cn(C)nc2C(C)(C)C)CC1. The van der Waals surface area contributed by atoms with E-state index in [2.05, 4.69) is 48.8 Å². The molecule has 1 saturated heterocycles. The molecule has 0 aliphatic carbocycles. The van der Waals surface area contributed by atoms with Gasteiger partial charge >= 0.3 is 0 Å². The van der Waals surface area contributed by atoms with Crippen molar-refractivity contribution in [3.8, 4) is 6.07 Å². The summed E-state index contributed by atoms with van der Waals surface area (Å²) in [5.74, 6) is 0. The maximum absolute atomic E-state index is 9.65. The van der Waals surface area contributed by atoms with Crippen LogP contribution in [0.4, 0.5) is 0 Å². The van der Waals surface area contributed by atoms with Gasteiger partial charge in [0.2, 0.25) is 0 Å². The average molecular weight is 275 g/mol. The Kier molecular flexibility index (Phi) is 4.17. The summed E-state index contributed by atoms with van der Waals surface area (Å²) in [5.41, 5.74) is 2.05. The Morgan fingerprint density at radius 1 is 1.20 bits per heavy atom. The monoisotopic (exact) mass is 275 g/mol. The second-order valence-corrected chi connectivity index (χ2v) is 6.73. The van der Waals surface area contributed by atoms with Crippen LogP contribution in [-0.2, 0) is 12.5 Å². The number of piperazine rings is 1. The number of likely N-dealkylation sites (N-methyl/N-ethyl adjacent to an activating group) is 1.